The molecule has 2 N–H and O–H groups in total. The number of rotatable bonds is 8. The number of likely N-dealkylation sites (N-methyl/N-ethyl adjacent to an activating group) is 1. The van der Waals surface area contributed by atoms with E-state index in [0.717, 1.165) is 24.1 Å². The van der Waals surface area contributed by atoms with Gasteiger partial charge < -0.3 is 10.6 Å². The first kappa shape index (κ1) is 17.2. The van der Waals surface area contributed by atoms with E-state index >= 15 is 0 Å². The third-order valence-electron chi connectivity index (χ3n) is 3.29. The topological polar surface area (TPSA) is 61.4 Å². The molecule has 0 aliphatic carbocycles. The predicted molar refractivity (Wildman–Crippen MR) is 83.8 cm³/mol. The maximum absolute atomic E-state index is 12.0. The lowest BCUT2D eigenvalue weighted by Gasteiger charge is -2.20. The molecular formula is C16H25N3O2. The predicted octanol–water partition coefficient (Wildman–Crippen LogP) is 1.07. The highest BCUT2D eigenvalue weighted by Crippen LogP contribution is 2.06. The monoisotopic (exact) mass is 291 g/mol. The van der Waals surface area contributed by atoms with E-state index in [0.29, 0.717) is 6.54 Å². The summed E-state index contributed by atoms with van der Waals surface area (Å²) in [6.07, 6.45) is 0.905. The van der Waals surface area contributed by atoms with Gasteiger partial charge in [0, 0.05) is 13.6 Å². The van der Waals surface area contributed by atoms with E-state index in [1.54, 1.807) is 7.05 Å². The molecule has 2 amide bonds. The number of carbonyl (C=O) groups excluding carboxylic acids is 2. The SMILES string of the molecule is CCCN(CC(=O)NC)CC(=O)NCc1ccccc1C. The number of carbonyl (C=O) groups is 2. The standard InChI is InChI=1S/C16H25N3O2/c1-4-9-19(11-15(20)17-3)12-16(21)18-10-14-8-6-5-7-13(14)2/h5-8H,4,9-12H2,1-3H3,(H,17,20)(H,18,21). The van der Waals surface area contributed by atoms with Crippen LogP contribution in [0.15, 0.2) is 24.3 Å². The highest BCUT2D eigenvalue weighted by molar-refractivity contribution is 5.81. The lowest BCUT2D eigenvalue weighted by atomic mass is 10.1. The molecule has 5 nitrogen and oxygen atoms in total. The molecule has 0 unspecified atom stereocenters. The van der Waals surface area contributed by atoms with Gasteiger partial charge in [0.1, 0.15) is 0 Å². The Morgan fingerprint density at radius 1 is 1.14 bits per heavy atom. The summed E-state index contributed by atoms with van der Waals surface area (Å²) in [5.74, 6) is -0.134. The number of hydrogen-bond acceptors (Lipinski definition) is 3. The Labute approximate surface area is 126 Å². The maximum atomic E-state index is 12.0. The zero-order valence-corrected chi connectivity index (χ0v) is 13.1. The van der Waals surface area contributed by atoms with Crippen LogP contribution in [0.5, 0.6) is 0 Å². The summed E-state index contributed by atoms with van der Waals surface area (Å²) >= 11 is 0. The Morgan fingerprint density at radius 2 is 1.81 bits per heavy atom. The molecule has 0 saturated carbocycles. The van der Waals surface area contributed by atoms with Crippen LogP contribution in [-0.4, -0.2) is 43.4 Å². The van der Waals surface area contributed by atoms with Gasteiger partial charge in [-0.2, -0.15) is 0 Å². The minimum absolute atomic E-state index is 0.0596. The molecule has 0 atom stereocenters. The number of nitrogens with zero attached hydrogens (tertiary/aromatic N) is 1. The Bertz CT molecular complexity index is 474. The summed E-state index contributed by atoms with van der Waals surface area (Å²) in [5.41, 5.74) is 2.27. The molecular weight excluding hydrogens is 266 g/mol. The fourth-order valence-corrected chi connectivity index (χ4v) is 2.07. The summed E-state index contributed by atoms with van der Waals surface area (Å²) in [6.45, 7) is 5.80. The van der Waals surface area contributed by atoms with Gasteiger partial charge in [-0.15, -0.1) is 0 Å². The second-order valence-electron chi connectivity index (χ2n) is 5.09. The van der Waals surface area contributed by atoms with Gasteiger partial charge in [-0.1, -0.05) is 31.2 Å². The number of hydrogen-bond donors (Lipinski definition) is 2. The summed E-state index contributed by atoms with van der Waals surface area (Å²) in [7, 11) is 1.60. The van der Waals surface area contributed by atoms with E-state index in [-0.39, 0.29) is 24.9 Å². The van der Waals surface area contributed by atoms with Crippen LogP contribution in [0.4, 0.5) is 0 Å². The number of amides is 2. The molecule has 21 heavy (non-hydrogen) atoms. The van der Waals surface area contributed by atoms with Crippen LogP contribution in [0.3, 0.4) is 0 Å². The van der Waals surface area contributed by atoms with Crippen LogP contribution >= 0.6 is 0 Å². The number of nitrogens with one attached hydrogen (secondary N) is 2. The molecule has 0 heterocycles. The van der Waals surface area contributed by atoms with Crippen LogP contribution in [0.1, 0.15) is 24.5 Å². The van der Waals surface area contributed by atoms with Crippen LogP contribution in [0, 0.1) is 6.92 Å². The first-order valence-electron chi connectivity index (χ1n) is 7.31. The first-order valence-corrected chi connectivity index (χ1v) is 7.31. The average molecular weight is 291 g/mol. The van der Waals surface area contributed by atoms with Gasteiger partial charge in [0.2, 0.25) is 11.8 Å². The highest BCUT2D eigenvalue weighted by Gasteiger charge is 2.13. The van der Waals surface area contributed by atoms with Crippen LogP contribution < -0.4 is 10.6 Å². The van der Waals surface area contributed by atoms with Gasteiger partial charge in [0.05, 0.1) is 13.1 Å². The fourth-order valence-electron chi connectivity index (χ4n) is 2.07. The lowest BCUT2D eigenvalue weighted by Crippen LogP contribution is -2.42. The second-order valence-corrected chi connectivity index (χ2v) is 5.09. The molecule has 0 radical (unpaired) electrons. The highest BCUT2D eigenvalue weighted by atomic mass is 16.2. The smallest absolute Gasteiger partial charge is 0.234 e. The molecule has 1 aromatic rings. The van der Waals surface area contributed by atoms with Crippen LogP contribution in [0.25, 0.3) is 0 Å². The van der Waals surface area contributed by atoms with Gasteiger partial charge in [-0.05, 0) is 31.0 Å². The molecule has 1 aromatic carbocycles. The molecule has 0 spiro atoms. The van der Waals surface area contributed by atoms with E-state index < -0.39 is 0 Å². The van der Waals surface area contributed by atoms with Gasteiger partial charge >= 0.3 is 0 Å². The largest absolute Gasteiger partial charge is 0.358 e. The van der Waals surface area contributed by atoms with Crippen molar-refractivity contribution in [3.05, 3.63) is 35.4 Å². The first-order chi connectivity index (χ1) is 10.1. The van der Waals surface area contributed by atoms with Crippen molar-refractivity contribution in [2.24, 2.45) is 0 Å². The van der Waals surface area contributed by atoms with Crippen molar-refractivity contribution < 1.29 is 9.59 Å². The molecule has 5 heteroatoms. The van der Waals surface area contributed by atoms with Crippen molar-refractivity contribution in [3.63, 3.8) is 0 Å². The van der Waals surface area contributed by atoms with Gasteiger partial charge in [0.15, 0.2) is 0 Å². The number of aryl methyl sites for hydroxylation is 1. The molecule has 0 aliphatic heterocycles. The summed E-state index contributed by atoms with van der Waals surface area (Å²) in [5, 5.41) is 5.49. The van der Waals surface area contributed by atoms with Crippen molar-refractivity contribution in [1.82, 2.24) is 15.5 Å². The summed E-state index contributed by atoms with van der Waals surface area (Å²) in [6, 6.07) is 7.97. The Balaban J connectivity index is 2.46. The van der Waals surface area contributed by atoms with E-state index in [1.807, 2.05) is 43.0 Å². The van der Waals surface area contributed by atoms with E-state index in [4.69, 9.17) is 0 Å². The van der Waals surface area contributed by atoms with Crippen molar-refractivity contribution in [3.8, 4) is 0 Å². The Kier molecular flexibility index (Phi) is 7.46. The van der Waals surface area contributed by atoms with E-state index in [1.165, 1.54) is 0 Å². The zero-order valence-electron chi connectivity index (χ0n) is 13.1. The van der Waals surface area contributed by atoms with Crippen LogP contribution in [-0.2, 0) is 16.1 Å². The van der Waals surface area contributed by atoms with Crippen molar-refractivity contribution >= 4 is 11.8 Å². The molecule has 0 fully saturated rings. The molecule has 0 saturated heterocycles. The average Bonchev–Trinajstić information content (AvgIpc) is 2.46. The minimum atomic E-state index is -0.0739. The third-order valence-corrected chi connectivity index (χ3v) is 3.29. The Hall–Kier alpha value is -1.88. The number of benzene rings is 1. The van der Waals surface area contributed by atoms with Gasteiger partial charge in [0.25, 0.3) is 0 Å². The second kappa shape index (κ2) is 9.13. The molecule has 1 rings (SSSR count). The summed E-state index contributed by atoms with van der Waals surface area (Å²) in [4.78, 5) is 25.3. The molecule has 0 aliphatic rings. The lowest BCUT2D eigenvalue weighted by molar-refractivity contribution is -0.125. The van der Waals surface area contributed by atoms with Crippen LogP contribution in [0.2, 0.25) is 0 Å². The van der Waals surface area contributed by atoms with Crippen molar-refractivity contribution in [2.75, 3.05) is 26.7 Å². The van der Waals surface area contributed by atoms with Gasteiger partial charge in [-0.25, -0.2) is 0 Å². The zero-order chi connectivity index (χ0) is 15.7. The normalized spacial score (nSPS) is 10.5. The van der Waals surface area contributed by atoms with Crippen molar-refractivity contribution in [1.29, 1.82) is 0 Å². The molecule has 116 valence electrons. The van der Waals surface area contributed by atoms with Gasteiger partial charge in [-0.3, -0.25) is 14.5 Å². The molecule has 0 aromatic heterocycles. The molecule has 0 bridgehead atoms. The minimum Gasteiger partial charge on any atom is -0.358 e. The third kappa shape index (κ3) is 6.40. The quantitative estimate of drug-likeness (QED) is 0.753. The Morgan fingerprint density at radius 3 is 2.43 bits per heavy atom. The summed E-state index contributed by atoms with van der Waals surface area (Å²) < 4.78 is 0. The fraction of sp³-hybridized carbons (Fsp3) is 0.500. The van der Waals surface area contributed by atoms with E-state index in [9.17, 15) is 9.59 Å². The van der Waals surface area contributed by atoms with E-state index in [2.05, 4.69) is 10.6 Å². The van der Waals surface area contributed by atoms with Crippen molar-refractivity contribution in [2.45, 2.75) is 26.8 Å². The maximum Gasteiger partial charge on any atom is 0.234 e.